The van der Waals surface area contributed by atoms with Gasteiger partial charge in [0, 0.05) is 13.1 Å². The Morgan fingerprint density at radius 2 is 1.88 bits per heavy atom. The van der Waals surface area contributed by atoms with Gasteiger partial charge < -0.3 is 15.0 Å². The van der Waals surface area contributed by atoms with E-state index in [2.05, 4.69) is 18.5 Å². The largest absolute Gasteiger partial charge is 0.471 e. The predicted molar refractivity (Wildman–Crippen MR) is 87.9 cm³/mol. The summed E-state index contributed by atoms with van der Waals surface area (Å²) in [6, 6.07) is -0.825. The molecule has 0 aromatic heterocycles. The molecule has 0 aromatic rings. The zero-order chi connectivity index (χ0) is 19.4. The van der Waals surface area contributed by atoms with Gasteiger partial charge >= 0.3 is 18.2 Å². The zero-order valence-corrected chi connectivity index (χ0v) is 14.8. The summed E-state index contributed by atoms with van der Waals surface area (Å²) in [4.78, 5) is 24.2. The highest BCUT2D eigenvalue weighted by Gasteiger charge is 2.43. The lowest BCUT2D eigenvalue weighted by molar-refractivity contribution is -0.185. The molecule has 0 radical (unpaired) electrons. The molecule has 1 aliphatic carbocycles. The van der Waals surface area contributed by atoms with E-state index in [9.17, 15) is 22.8 Å². The van der Waals surface area contributed by atoms with Crippen LogP contribution in [0.1, 0.15) is 33.6 Å². The van der Waals surface area contributed by atoms with Gasteiger partial charge in [-0.3, -0.25) is 4.79 Å². The number of carbonyl (C=O) groups is 2. The SMILES string of the molecule is C=CCN(C[C@@H](NC(=O)OC(C)(C)C)C(=C)C1CC1)C(=O)C(F)(F)F. The molecule has 1 N–H and O–H groups in total. The highest BCUT2D eigenvalue weighted by molar-refractivity contribution is 5.82. The molecular formula is C17H25F3N2O3. The summed E-state index contributed by atoms with van der Waals surface area (Å²) in [7, 11) is 0. The quantitative estimate of drug-likeness (QED) is 0.706. The third-order valence-corrected chi connectivity index (χ3v) is 3.52. The molecule has 8 heteroatoms. The van der Waals surface area contributed by atoms with Crippen molar-refractivity contribution in [3.05, 3.63) is 24.8 Å². The number of nitrogens with zero attached hydrogens (tertiary/aromatic N) is 1. The molecular weight excluding hydrogens is 337 g/mol. The lowest BCUT2D eigenvalue weighted by Crippen LogP contribution is -2.51. The molecule has 0 aromatic carbocycles. The van der Waals surface area contributed by atoms with Crippen LogP contribution >= 0.6 is 0 Å². The minimum absolute atomic E-state index is 0.131. The standard InChI is InChI=1S/C17H25F3N2O3/c1-6-9-22(14(23)17(18,19)20)10-13(11(2)12-7-8-12)21-15(24)25-16(3,4)5/h6,12-13H,1-2,7-10H2,3-5H3,(H,21,24)/t13-/m1/s1. The smallest absolute Gasteiger partial charge is 0.444 e. The van der Waals surface area contributed by atoms with Crippen molar-refractivity contribution in [1.82, 2.24) is 10.2 Å². The van der Waals surface area contributed by atoms with Crippen LogP contribution in [-0.2, 0) is 9.53 Å². The van der Waals surface area contributed by atoms with Crippen molar-refractivity contribution >= 4 is 12.0 Å². The van der Waals surface area contributed by atoms with Crippen molar-refractivity contribution in [3.8, 4) is 0 Å². The Kier molecular flexibility index (Phi) is 6.68. The molecule has 1 rings (SSSR count). The van der Waals surface area contributed by atoms with E-state index in [0.29, 0.717) is 10.5 Å². The van der Waals surface area contributed by atoms with Crippen LogP contribution in [-0.4, -0.2) is 47.8 Å². The Morgan fingerprint density at radius 1 is 1.32 bits per heavy atom. The molecule has 0 heterocycles. The maximum Gasteiger partial charge on any atom is 0.471 e. The predicted octanol–water partition coefficient (Wildman–Crippen LogP) is 3.42. The highest BCUT2D eigenvalue weighted by atomic mass is 19.4. The van der Waals surface area contributed by atoms with Gasteiger partial charge in [-0.1, -0.05) is 18.2 Å². The molecule has 25 heavy (non-hydrogen) atoms. The van der Waals surface area contributed by atoms with Crippen LogP contribution in [0.4, 0.5) is 18.0 Å². The normalized spacial score (nSPS) is 15.9. The van der Waals surface area contributed by atoms with Crippen LogP contribution in [0.15, 0.2) is 24.8 Å². The molecule has 2 amide bonds. The molecule has 1 atom stereocenters. The van der Waals surface area contributed by atoms with Gasteiger partial charge in [0.2, 0.25) is 0 Å². The minimum Gasteiger partial charge on any atom is -0.444 e. The molecule has 1 fully saturated rings. The molecule has 0 bridgehead atoms. The molecule has 1 aliphatic rings. The van der Waals surface area contributed by atoms with Crippen molar-refractivity contribution in [3.63, 3.8) is 0 Å². The number of hydrogen-bond donors (Lipinski definition) is 1. The molecule has 0 saturated heterocycles. The van der Waals surface area contributed by atoms with Gasteiger partial charge in [-0.15, -0.1) is 6.58 Å². The average Bonchev–Trinajstić information content (AvgIpc) is 3.25. The number of nitrogens with one attached hydrogen (secondary N) is 1. The van der Waals surface area contributed by atoms with E-state index in [4.69, 9.17) is 4.74 Å². The highest BCUT2D eigenvalue weighted by Crippen LogP contribution is 2.37. The van der Waals surface area contributed by atoms with Gasteiger partial charge in [0.1, 0.15) is 5.60 Å². The lowest BCUT2D eigenvalue weighted by Gasteiger charge is -2.30. The van der Waals surface area contributed by atoms with Crippen LogP contribution in [0.2, 0.25) is 0 Å². The number of rotatable bonds is 7. The first-order valence-corrected chi connectivity index (χ1v) is 8.00. The van der Waals surface area contributed by atoms with Crippen molar-refractivity contribution in [2.75, 3.05) is 13.1 Å². The summed E-state index contributed by atoms with van der Waals surface area (Å²) < 4.78 is 43.5. The van der Waals surface area contributed by atoms with E-state index in [1.54, 1.807) is 20.8 Å². The monoisotopic (exact) mass is 362 g/mol. The molecule has 142 valence electrons. The third kappa shape index (κ3) is 7.19. The Labute approximate surface area is 145 Å². The van der Waals surface area contributed by atoms with Crippen molar-refractivity contribution in [2.45, 2.75) is 51.4 Å². The second-order valence-electron chi connectivity index (χ2n) is 7.04. The van der Waals surface area contributed by atoms with Gasteiger partial charge in [0.25, 0.3) is 0 Å². The first-order chi connectivity index (χ1) is 11.3. The van der Waals surface area contributed by atoms with Crippen LogP contribution < -0.4 is 5.32 Å². The van der Waals surface area contributed by atoms with E-state index < -0.39 is 29.8 Å². The maximum atomic E-state index is 12.8. The fourth-order valence-corrected chi connectivity index (χ4v) is 2.24. The van der Waals surface area contributed by atoms with E-state index >= 15 is 0 Å². The summed E-state index contributed by atoms with van der Waals surface area (Å²) >= 11 is 0. The Bertz CT molecular complexity index is 534. The summed E-state index contributed by atoms with van der Waals surface area (Å²) in [5.41, 5.74) is -0.159. The zero-order valence-electron chi connectivity index (χ0n) is 14.8. The number of ether oxygens (including phenoxy) is 1. The summed E-state index contributed by atoms with van der Waals surface area (Å²) in [5, 5.41) is 2.53. The van der Waals surface area contributed by atoms with Gasteiger partial charge in [0.15, 0.2) is 0 Å². The molecule has 1 saturated carbocycles. The lowest BCUT2D eigenvalue weighted by atomic mass is 10.0. The first-order valence-electron chi connectivity index (χ1n) is 8.00. The Balaban J connectivity index is 2.90. The van der Waals surface area contributed by atoms with Gasteiger partial charge in [-0.25, -0.2) is 4.79 Å². The Morgan fingerprint density at radius 3 is 2.28 bits per heavy atom. The number of alkyl halides is 3. The third-order valence-electron chi connectivity index (χ3n) is 3.52. The average molecular weight is 362 g/mol. The van der Waals surface area contributed by atoms with Gasteiger partial charge in [-0.2, -0.15) is 13.2 Å². The summed E-state index contributed by atoms with van der Waals surface area (Å²) in [6.45, 7) is 11.7. The van der Waals surface area contributed by atoms with Crippen LogP contribution in [0.5, 0.6) is 0 Å². The summed E-state index contributed by atoms with van der Waals surface area (Å²) in [5.74, 6) is -1.85. The van der Waals surface area contributed by atoms with E-state index in [1.165, 1.54) is 6.08 Å². The number of alkyl carbamates (subject to hydrolysis) is 1. The number of carbonyl (C=O) groups excluding carboxylic acids is 2. The van der Waals surface area contributed by atoms with Crippen molar-refractivity contribution in [1.29, 1.82) is 0 Å². The molecule has 0 unspecified atom stereocenters. The van der Waals surface area contributed by atoms with Crippen molar-refractivity contribution in [2.24, 2.45) is 5.92 Å². The Hall–Kier alpha value is -1.99. The van der Waals surface area contributed by atoms with E-state index in [0.717, 1.165) is 12.8 Å². The number of halogens is 3. The number of hydrogen-bond acceptors (Lipinski definition) is 3. The maximum absolute atomic E-state index is 12.8. The van der Waals surface area contributed by atoms with Gasteiger partial charge in [-0.05, 0) is 39.5 Å². The second kappa shape index (κ2) is 7.93. The minimum atomic E-state index is -5.00. The fraction of sp³-hybridized carbons (Fsp3) is 0.647. The van der Waals surface area contributed by atoms with Crippen LogP contribution in [0.25, 0.3) is 0 Å². The van der Waals surface area contributed by atoms with Gasteiger partial charge in [0.05, 0.1) is 6.04 Å². The van der Waals surface area contributed by atoms with E-state index in [-0.39, 0.29) is 19.0 Å². The van der Waals surface area contributed by atoms with E-state index in [1.807, 2.05) is 0 Å². The van der Waals surface area contributed by atoms with Crippen LogP contribution in [0.3, 0.4) is 0 Å². The number of amides is 2. The van der Waals surface area contributed by atoms with Crippen molar-refractivity contribution < 1.29 is 27.5 Å². The van der Waals surface area contributed by atoms with Crippen LogP contribution in [0, 0.1) is 5.92 Å². The second-order valence-corrected chi connectivity index (χ2v) is 7.04. The fourth-order valence-electron chi connectivity index (χ4n) is 2.24. The topological polar surface area (TPSA) is 58.6 Å². The summed E-state index contributed by atoms with van der Waals surface area (Å²) in [6.07, 6.45) is -2.84. The molecule has 0 spiro atoms. The first kappa shape index (κ1) is 21.1. The molecule has 5 nitrogen and oxygen atoms in total. The molecule has 0 aliphatic heterocycles.